The summed E-state index contributed by atoms with van der Waals surface area (Å²) in [6.45, 7) is 0.0643. The van der Waals surface area contributed by atoms with Gasteiger partial charge < -0.3 is 14.4 Å². The number of pyridine rings is 1. The van der Waals surface area contributed by atoms with Gasteiger partial charge in [-0.05, 0) is 24.3 Å². The summed E-state index contributed by atoms with van der Waals surface area (Å²) in [4.78, 5) is 24.0. The SMILES string of the molecule is Cn1cccc(C(=O)NCc2cc(-c3ccccc3F)on2)c1=O. The lowest BCUT2D eigenvalue weighted by Crippen LogP contribution is -2.31. The van der Waals surface area contributed by atoms with Crippen LogP contribution in [0.1, 0.15) is 16.1 Å². The van der Waals surface area contributed by atoms with Crippen LogP contribution in [0.25, 0.3) is 11.3 Å². The van der Waals surface area contributed by atoms with Gasteiger partial charge in [-0.25, -0.2) is 4.39 Å². The van der Waals surface area contributed by atoms with Crippen molar-refractivity contribution < 1.29 is 13.7 Å². The molecule has 6 nitrogen and oxygen atoms in total. The molecular weight excluding hydrogens is 313 g/mol. The highest BCUT2D eigenvalue weighted by Gasteiger charge is 2.14. The molecule has 0 saturated carbocycles. The second-order valence-corrected chi connectivity index (χ2v) is 5.18. The number of carbonyl (C=O) groups excluding carboxylic acids is 1. The quantitative estimate of drug-likeness (QED) is 0.796. The van der Waals surface area contributed by atoms with E-state index >= 15 is 0 Å². The van der Waals surface area contributed by atoms with Gasteiger partial charge in [-0.3, -0.25) is 9.59 Å². The molecule has 0 aliphatic rings. The van der Waals surface area contributed by atoms with E-state index < -0.39 is 11.7 Å². The topological polar surface area (TPSA) is 77.1 Å². The first-order chi connectivity index (χ1) is 11.6. The molecular formula is C17H14FN3O3. The Kier molecular flexibility index (Phi) is 4.24. The minimum atomic E-state index is -0.508. The maximum atomic E-state index is 13.7. The molecule has 7 heteroatoms. The molecule has 0 saturated heterocycles. The number of carbonyl (C=O) groups is 1. The molecule has 1 N–H and O–H groups in total. The van der Waals surface area contributed by atoms with Crippen LogP contribution in [0.3, 0.4) is 0 Å². The Morgan fingerprint density at radius 2 is 2.08 bits per heavy atom. The highest BCUT2D eigenvalue weighted by Crippen LogP contribution is 2.23. The highest BCUT2D eigenvalue weighted by molar-refractivity contribution is 5.93. The van der Waals surface area contributed by atoms with E-state index in [0.717, 1.165) is 0 Å². The summed E-state index contributed by atoms with van der Waals surface area (Å²) in [5.74, 6) is -0.656. The zero-order valence-electron chi connectivity index (χ0n) is 12.8. The van der Waals surface area contributed by atoms with Gasteiger partial charge in [0, 0.05) is 19.3 Å². The largest absolute Gasteiger partial charge is 0.356 e. The molecule has 0 atom stereocenters. The van der Waals surface area contributed by atoms with Crippen LogP contribution in [0.5, 0.6) is 0 Å². The zero-order valence-corrected chi connectivity index (χ0v) is 12.8. The van der Waals surface area contributed by atoms with Gasteiger partial charge in [0.1, 0.15) is 17.1 Å². The van der Waals surface area contributed by atoms with E-state index in [1.165, 1.54) is 16.7 Å². The van der Waals surface area contributed by atoms with Gasteiger partial charge >= 0.3 is 0 Å². The third-order valence-corrected chi connectivity index (χ3v) is 3.50. The van der Waals surface area contributed by atoms with E-state index in [1.807, 2.05) is 0 Å². The number of amides is 1. The first-order valence-electron chi connectivity index (χ1n) is 7.20. The summed E-state index contributed by atoms with van der Waals surface area (Å²) in [6, 6.07) is 10.8. The molecule has 0 unspecified atom stereocenters. The number of nitrogens with one attached hydrogen (secondary N) is 1. The summed E-state index contributed by atoms with van der Waals surface area (Å²) < 4.78 is 20.1. The van der Waals surface area contributed by atoms with Crippen LogP contribution in [-0.4, -0.2) is 15.6 Å². The van der Waals surface area contributed by atoms with Crippen LogP contribution in [-0.2, 0) is 13.6 Å². The molecule has 0 radical (unpaired) electrons. The van der Waals surface area contributed by atoms with Crippen molar-refractivity contribution in [1.29, 1.82) is 0 Å². The van der Waals surface area contributed by atoms with Gasteiger partial charge in [0.15, 0.2) is 5.76 Å². The summed E-state index contributed by atoms with van der Waals surface area (Å²) in [5.41, 5.74) is 0.369. The van der Waals surface area contributed by atoms with Gasteiger partial charge in [0.25, 0.3) is 11.5 Å². The predicted molar refractivity (Wildman–Crippen MR) is 84.8 cm³/mol. The standard InChI is InChI=1S/C17H14FN3O3/c1-21-8-4-6-13(17(21)23)16(22)19-10-11-9-15(24-20-11)12-5-2-3-7-14(12)18/h2-9H,10H2,1H3,(H,19,22). The smallest absolute Gasteiger partial charge is 0.263 e. The molecule has 0 aliphatic heterocycles. The molecule has 0 spiro atoms. The Hall–Kier alpha value is -3.22. The number of halogens is 1. The molecule has 1 amide bonds. The Labute approximate surface area is 136 Å². The average Bonchev–Trinajstić information content (AvgIpc) is 3.04. The number of benzene rings is 1. The fourth-order valence-corrected chi connectivity index (χ4v) is 2.22. The van der Waals surface area contributed by atoms with Crippen LogP contribution in [0, 0.1) is 5.82 Å². The Morgan fingerprint density at radius 1 is 1.29 bits per heavy atom. The summed E-state index contributed by atoms with van der Waals surface area (Å²) in [6.07, 6.45) is 1.57. The highest BCUT2D eigenvalue weighted by atomic mass is 19.1. The van der Waals surface area contributed by atoms with E-state index in [4.69, 9.17) is 4.52 Å². The van der Waals surface area contributed by atoms with Gasteiger partial charge in [-0.1, -0.05) is 17.3 Å². The number of aromatic nitrogens is 2. The molecule has 2 aromatic heterocycles. The fourth-order valence-electron chi connectivity index (χ4n) is 2.22. The van der Waals surface area contributed by atoms with Crippen LogP contribution in [0.4, 0.5) is 4.39 Å². The number of hydrogen-bond donors (Lipinski definition) is 1. The van der Waals surface area contributed by atoms with Gasteiger partial charge in [0.05, 0.1) is 12.1 Å². The van der Waals surface area contributed by atoms with Crippen LogP contribution in [0.15, 0.2) is 58.0 Å². The number of rotatable bonds is 4. The van der Waals surface area contributed by atoms with Gasteiger partial charge in [-0.15, -0.1) is 0 Å². The van der Waals surface area contributed by atoms with E-state index in [-0.39, 0.29) is 23.4 Å². The minimum absolute atomic E-state index is 0.0397. The third-order valence-electron chi connectivity index (χ3n) is 3.50. The lowest BCUT2D eigenvalue weighted by atomic mass is 10.1. The first-order valence-corrected chi connectivity index (χ1v) is 7.20. The summed E-state index contributed by atoms with van der Waals surface area (Å²) in [7, 11) is 1.57. The van der Waals surface area contributed by atoms with Crippen LogP contribution >= 0.6 is 0 Å². The van der Waals surface area contributed by atoms with Crippen molar-refractivity contribution in [3.05, 3.63) is 76.1 Å². The Morgan fingerprint density at radius 3 is 2.88 bits per heavy atom. The van der Waals surface area contributed by atoms with Crippen molar-refractivity contribution in [3.63, 3.8) is 0 Å². The second-order valence-electron chi connectivity index (χ2n) is 5.18. The Balaban J connectivity index is 1.72. The maximum Gasteiger partial charge on any atom is 0.263 e. The predicted octanol–water partition coefficient (Wildman–Crippen LogP) is 2.11. The molecule has 24 heavy (non-hydrogen) atoms. The van der Waals surface area contributed by atoms with E-state index in [9.17, 15) is 14.0 Å². The second kappa shape index (κ2) is 6.49. The van der Waals surface area contributed by atoms with E-state index in [2.05, 4.69) is 10.5 Å². The molecule has 0 aliphatic carbocycles. The molecule has 3 aromatic rings. The lowest BCUT2D eigenvalue weighted by Gasteiger charge is -2.03. The summed E-state index contributed by atoms with van der Waals surface area (Å²) in [5, 5.41) is 6.39. The van der Waals surface area contributed by atoms with E-state index in [1.54, 1.807) is 43.6 Å². The molecule has 0 bridgehead atoms. The van der Waals surface area contributed by atoms with Crippen molar-refractivity contribution in [2.75, 3.05) is 0 Å². The third kappa shape index (κ3) is 3.10. The van der Waals surface area contributed by atoms with Crippen LogP contribution < -0.4 is 10.9 Å². The summed E-state index contributed by atoms with van der Waals surface area (Å²) >= 11 is 0. The van der Waals surface area contributed by atoms with Crippen molar-refractivity contribution in [2.24, 2.45) is 7.05 Å². The fraction of sp³-hybridized carbons (Fsp3) is 0.118. The number of nitrogens with zero attached hydrogens (tertiary/aromatic N) is 2. The van der Waals surface area contributed by atoms with Crippen LogP contribution in [0.2, 0.25) is 0 Å². The average molecular weight is 327 g/mol. The van der Waals surface area contributed by atoms with Gasteiger partial charge in [0.2, 0.25) is 0 Å². The number of hydrogen-bond acceptors (Lipinski definition) is 4. The molecule has 2 heterocycles. The van der Waals surface area contributed by atoms with Crippen molar-refractivity contribution in [1.82, 2.24) is 15.0 Å². The zero-order chi connectivity index (χ0) is 17.1. The van der Waals surface area contributed by atoms with Gasteiger partial charge in [-0.2, -0.15) is 0 Å². The normalized spacial score (nSPS) is 10.6. The number of aryl methyl sites for hydroxylation is 1. The lowest BCUT2D eigenvalue weighted by molar-refractivity contribution is 0.0948. The van der Waals surface area contributed by atoms with Crippen molar-refractivity contribution in [3.8, 4) is 11.3 Å². The molecule has 0 fully saturated rings. The maximum absolute atomic E-state index is 13.7. The minimum Gasteiger partial charge on any atom is -0.356 e. The Bertz CT molecular complexity index is 946. The molecule has 122 valence electrons. The van der Waals surface area contributed by atoms with E-state index in [0.29, 0.717) is 11.3 Å². The monoisotopic (exact) mass is 327 g/mol. The first kappa shape index (κ1) is 15.7. The molecule has 3 rings (SSSR count). The molecule has 1 aromatic carbocycles. The van der Waals surface area contributed by atoms with Crippen molar-refractivity contribution >= 4 is 5.91 Å². The van der Waals surface area contributed by atoms with Crippen molar-refractivity contribution in [2.45, 2.75) is 6.54 Å².